The average molecular weight is 299 g/mol. The normalized spacial score (nSPS) is 11.1. The molecule has 1 aromatic carbocycles. The minimum atomic E-state index is 0. The van der Waals surface area contributed by atoms with E-state index in [1.807, 2.05) is 6.92 Å². The molecule has 2 aromatic rings. The van der Waals surface area contributed by atoms with Gasteiger partial charge in [0.15, 0.2) is 5.82 Å². The van der Waals surface area contributed by atoms with E-state index in [1.54, 1.807) is 0 Å². The quantitative estimate of drug-likeness (QED) is 0.633. The smallest absolute Gasteiger partial charge is 0.176 e. The first kappa shape index (κ1) is 15.5. The van der Waals surface area contributed by atoms with Gasteiger partial charge in [-0.3, -0.25) is 0 Å². The monoisotopic (exact) mass is 298 g/mol. The predicted octanol–water partition coefficient (Wildman–Crippen LogP) is 2.94. The molecule has 102 valence electrons. The van der Waals surface area contributed by atoms with Gasteiger partial charge in [0, 0.05) is 16.5 Å². The number of rotatable bonds is 2. The van der Waals surface area contributed by atoms with Crippen molar-refractivity contribution in [2.24, 2.45) is 4.99 Å². The number of aromatic nitrogens is 3. The first-order chi connectivity index (χ1) is 8.58. The zero-order valence-electron chi connectivity index (χ0n) is 11.4. The molecular formula is C14H16N4Ni. The Morgan fingerprint density at radius 1 is 1.00 bits per heavy atom. The van der Waals surface area contributed by atoms with Crippen molar-refractivity contribution in [3.8, 4) is 0 Å². The summed E-state index contributed by atoms with van der Waals surface area (Å²) in [7, 11) is 0. The minimum absolute atomic E-state index is 0. The van der Waals surface area contributed by atoms with Gasteiger partial charge in [-0.1, -0.05) is 17.7 Å². The molecule has 0 saturated heterocycles. The van der Waals surface area contributed by atoms with E-state index >= 15 is 0 Å². The summed E-state index contributed by atoms with van der Waals surface area (Å²) in [5, 5.41) is 0. The van der Waals surface area contributed by atoms with E-state index in [0.717, 1.165) is 11.4 Å². The van der Waals surface area contributed by atoms with E-state index in [2.05, 4.69) is 52.8 Å². The maximum Gasteiger partial charge on any atom is 0.176 e. The molecule has 5 heteroatoms. The molecule has 0 unspecified atom stereocenters. The van der Waals surface area contributed by atoms with Crippen LogP contribution in [0.25, 0.3) is 0 Å². The molecular weight excluding hydrogens is 283 g/mol. The summed E-state index contributed by atoms with van der Waals surface area (Å²) in [4.78, 5) is 16.6. The topological polar surface area (TPSA) is 51.0 Å². The van der Waals surface area contributed by atoms with Crippen molar-refractivity contribution in [3.63, 3.8) is 0 Å². The van der Waals surface area contributed by atoms with Crippen molar-refractivity contribution in [1.29, 1.82) is 0 Å². The summed E-state index contributed by atoms with van der Waals surface area (Å²) >= 11 is 0. The minimum Gasteiger partial charge on any atom is -0.249 e. The molecule has 0 amide bonds. The van der Waals surface area contributed by atoms with Gasteiger partial charge >= 0.3 is 0 Å². The Balaban J connectivity index is 0.00000180. The third-order valence-corrected chi connectivity index (χ3v) is 2.73. The molecule has 4 nitrogen and oxygen atoms in total. The Morgan fingerprint density at radius 3 is 2.05 bits per heavy atom. The molecule has 2 rings (SSSR count). The summed E-state index contributed by atoms with van der Waals surface area (Å²) < 4.78 is 0. The van der Waals surface area contributed by atoms with E-state index in [1.165, 1.54) is 29.3 Å². The number of nitrogens with zero attached hydrogens (tertiary/aromatic N) is 4. The number of hydrogen-bond donors (Lipinski definition) is 0. The summed E-state index contributed by atoms with van der Waals surface area (Å²) in [5.74, 6) is 0.615. The van der Waals surface area contributed by atoms with Crippen molar-refractivity contribution < 1.29 is 16.5 Å². The molecule has 1 aromatic heterocycles. The Labute approximate surface area is 123 Å². The van der Waals surface area contributed by atoms with Gasteiger partial charge in [0.05, 0.1) is 11.4 Å². The molecule has 0 spiro atoms. The van der Waals surface area contributed by atoms with Gasteiger partial charge in [-0.2, -0.15) is 0 Å². The van der Waals surface area contributed by atoms with Crippen LogP contribution in [0.4, 0.5) is 5.69 Å². The fraction of sp³-hybridized carbons (Fsp3) is 0.286. The van der Waals surface area contributed by atoms with E-state index in [-0.39, 0.29) is 16.5 Å². The summed E-state index contributed by atoms with van der Waals surface area (Å²) in [6.45, 7) is 8.14. The SMILES string of the molecule is CC(=Nc1c(C)cc(C)cc1C)c1ncncn1.[Ni]. The van der Waals surface area contributed by atoms with E-state index in [4.69, 9.17) is 0 Å². The van der Waals surface area contributed by atoms with Crippen molar-refractivity contribution >= 4 is 11.4 Å². The second kappa shape index (κ2) is 6.53. The fourth-order valence-corrected chi connectivity index (χ4v) is 1.99. The second-order valence-corrected chi connectivity index (χ2v) is 4.41. The molecule has 0 aliphatic heterocycles. The molecule has 0 saturated carbocycles. The van der Waals surface area contributed by atoms with E-state index in [9.17, 15) is 0 Å². The van der Waals surface area contributed by atoms with Gasteiger partial charge < -0.3 is 0 Å². The third-order valence-electron chi connectivity index (χ3n) is 2.73. The van der Waals surface area contributed by atoms with Crippen LogP contribution in [0.15, 0.2) is 29.8 Å². The number of hydrogen-bond acceptors (Lipinski definition) is 4. The van der Waals surface area contributed by atoms with Gasteiger partial charge in [0.25, 0.3) is 0 Å². The Kier molecular flexibility index (Phi) is 5.31. The van der Waals surface area contributed by atoms with Gasteiger partial charge in [-0.15, -0.1) is 0 Å². The molecule has 0 radical (unpaired) electrons. The van der Waals surface area contributed by atoms with Crippen LogP contribution < -0.4 is 0 Å². The van der Waals surface area contributed by atoms with Crippen LogP contribution >= 0.6 is 0 Å². The van der Waals surface area contributed by atoms with Gasteiger partial charge in [-0.25, -0.2) is 19.9 Å². The van der Waals surface area contributed by atoms with Crippen LogP contribution in [-0.4, -0.2) is 20.7 Å². The van der Waals surface area contributed by atoms with Crippen molar-refractivity contribution in [3.05, 3.63) is 47.3 Å². The second-order valence-electron chi connectivity index (χ2n) is 4.41. The number of aliphatic imine (C=N–C) groups is 1. The fourth-order valence-electron chi connectivity index (χ4n) is 1.99. The zero-order chi connectivity index (χ0) is 13.1. The maximum absolute atomic E-state index is 4.63. The molecule has 1 heterocycles. The van der Waals surface area contributed by atoms with Crippen molar-refractivity contribution in [2.75, 3.05) is 0 Å². The standard InChI is InChI=1S/C14H16N4.Ni/c1-9-5-10(2)13(11(3)6-9)18-12(4)14-16-7-15-8-17-14;/h5-8H,1-4H3;. The van der Waals surface area contributed by atoms with Crippen molar-refractivity contribution in [2.45, 2.75) is 27.7 Å². The molecule has 0 aliphatic rings. The Hall–Kier alpha value is -1.61. The molecule has 0 bridgehead atoms. The van der Waals surface area contributed by atoms with Gasteiger partial charge in [0.1, 0.15) is 12.7 Å². The Bertz CT molecular complexity index is 571. The van der Waals surface area contributed by atoms with E-state index in [0.29, 0.717) is 5.82 Å². The third kappa shape index (κ3) is 3.68. The predicted molar refractivity (Wildman–Crippen MR) is 72.4 cm³/mol. The Morgan fingerprint density at radius 2 is 1.53 bits per heavy atom. The van der Waals surface area contributed by atoms with Crippen LogP contribution in [0.2, 0.25) is 0 Å². The molecule has 0 fully saturated rings. The first-order valence-electron chi connectivity index (χ1n) is 5.83. The van der Waals surface area contributed by atoms with Crippen LogP contribution in [0, 0.1) is 20.8 Å². The number of benzene rings is 1. The molecule has 0 N–H and O–H groups in total. The van der Waals surface area contributed by atoms with Crippen LogP contribution in [0.5, 0.6) is 0 Å². The van der Waals surface area contributed by atoms with Crippen LogP contribution in [0.3, 0.4) is 0 Å². The summed E-state index contributed by atoms with van der Waals surface area (Å²) in [6.07, 6.45) is 2.96. The van der Waals surface area contributed by atoms with Crippen LogP contribution in [-0.2, 0) is 16.5 Å². The molecule has 19 heavy (non-hydrogen) atoms. The molecule has 0 atom stereocenters. The zero-order valence-corrected chi connectivity index (χ0v) is 12.4. The van der Waals surface area contributed by atoms with E-state index < -0.39 is 0 Å². The van der Waals surface area contributed by atoms with Gasteiger partial charge in [0.2, 0.25) is 0 Å². The van der Waals surface area contributed by atoms with Crippen LogP contribution in [0.1, 0.15) is 29.4 Å². The average Bonchev–Trinajstić information content (AvgIpc) is 2.34. The summed E-state index contributed by atoms with van der Waals surface area (Å²) in [5.41, 5.74) is 5.38. The summed E-state index contributed by atoms with van der Waals surface area (Å²) in [6, 6.07) is 4.26. The maximum atomic E-state index is 4.63. The van der Waals surface area contributed by atoms with Crippen molar-refractivity contribution in [1.82, 2.24) is 15.0 Å². The largest absolute Gasteiger partial charge is 0.249 e. The number of aryl methyl sites for hydroxylation is 3. The van der Waals surface area contributed by atoms with Gasteiger partial charge in [-0.05, 0) is 38.8 Å². The molecule has 0 aliphatic carbocycles. The first-order valence-corrected chi connectivity index (χ1v) is 5.83.